The Balaban J connectivity index is 1.92. The molecule has 0 spiro atoms. The van der Waals surface area contributed by atoms with Crippen LogP contribution >= 0.6 is 34.8 Å². The number of anilines is 1. The Kier molecular flexibility index (Phi) is 6.09. The van der Waals surface area contributed by atoms with Gasteiger partial charge in [-0.1, -0.05) is 53.0 Å². The third-order valence-electron chi connectivity index (χ3n) is 3.15. The standard InChI is InChI=1S/C16H15Cl3N2O/c1-10(12-7-6-11(17)8-14(12)19)20-9-16(22)21-15-5-3-2-4-13(15)18/h2-8,10,20H,9H2,1H3,(H,21,22)/t10-/m0/s1. The molecule has 0 radical (unpaired) electrons. The van der Waals surface area contributed by atoms with Crippen LogP contribution in [0.1, 0.15) is 18.5 Å². The normalized spacial score (nSPS) is 12.0. The highest BCUT2D eigenvalue weighted by atomic mass is 35.5. The van der Waals surface area contributed by atoms with Crippen molar-refractivity contribution < 1.29 is 4.79 Å². The summed E-state index contributed by atoms with van der Waals surface area (Å²) in [6, 6.07) is 12.3. The molecule has 0 bridgehead atoms. The zero-order chi connectivity index (χ0) is 16.1. The summed E-state index contributed by atoms with van der Waals surface area (Å²) in [5, 5.41) is 7.52. The van der Waals surface area contributed by atoms with Crippen molar-refractivity contribution in [2.24, 2.45) is 0 Å². The van der Waals surface area contributed by atoms with E-state index in [-0.39, 0.29) is 18.5 Å². The molecule has 0 aromatic heterocycles. The fraction of sp³-hybridized carbons (Fsp3) is 0.188. The number of carbonyl (C=O) groups is 1. The predicted molar refractivity (Wildman–Crippen MR) is 93.0 cm³/mol. The van der Waals surface area contributed by atoms with Gasteiger partial charge in [-0.25, -0.2) is 0 Å². The largest absolute Gasteiger partial charge is 0.324 e. The van der Waals surface area contributed by atoms with Crippen LogP contribution in [-0.4, -0.2) is 12.5 Å². The number of nitrogens with one attached hydrogen (secondary N) is 2. The number of hydrogen-bond acceptors (Lipinski definition) is 2. The fourth-order valence-electron chi connectivity index (χ4n) is 1.97. The highest BCUT2D eigenvalue weighted by Crippen LogP contribution is 2.26. The van der Waals surface area contributed by atoms with Gasteiger partial charge in [0.2, 0.25) is 5.91 Å². The van der Waals surface area contributed by atoms with Gasteiger partial charge in [0.1, 0.15) is 0 Å². The Labute approximate surface area is 144 Å². The van der Waals surface area contributed by atoms with Gasteiger partial charge >= 0.3 is 0 Å². The number of hydrogen-bond donors (Lipinski definition) is 2. The average molecular weight is 358 g/mol. The van der Waals surface area contributed by atoms with E-state index in [1.165, 1.54) is 0 Å². The lowest BCUT2D eigenvalue weighted by atomic mass is 10.1. The first-order chi connectivity index (χ1) is 10.5. The van der Waals surface area contributed by atoms with Crippen LogP contribution in [0, 0.1) is 0 Å². The van der Waals surface area contributed by atoms with Gasteiger partial charge in [0.25, 0.3) is 0 Å². The summed E-state index contributed by atoms with van der Waals surface area (Å²) in [5.74, 6) is -0.176. The minimum atomic E-state index is -0.176. The molecule has 0 aliphatic rings. The van der Waals surface area contributed by atoms with E-state index in [1.807, 2.05) is 19.1 Å². The summed E-state index contributed by atoms with van der Waals surface area (Å²) in [7, 11) is 0. The van der Waals surface area contributed by atoms with Gasteiger partial charge in [0, 0.05) is 16.1 Å². The Morgan fingerprint density at radius 3 is 2.50 bits per heavy atom. The first-order valence-corrected chi connectivity index (χ1v) is 7.83. The quantitative estimate of drug-likeness (QED) is 0.796. The van der Waals surface area contributed by atoms with Gasteiger partial charge in [0.15, 0.2) is 0 Å². The summed E-state index contributed by atoms with van der Waals surface area (Å²) < 4.78 is 0. The second kappa shape index (κ2) is 7.84. The molecule has 0 aliphatic carbocycles. The zero-order valence-electron chi connectivity index (χ0n) is 11.9. The molecule has 3 nitrogen and oxygen atoms in total. The van der Waals surface area contributed by atoms with E-state index in [1.54, 1.807) is 30.3 Å². The highest BCUT2D eigenvalue weighted by molar-refractivity contribution is 6.35. The van der Waals surface area contributed by atoms with Crippen LogP contribution in [0.2, 0.25) is 15.1 Å². The van der Waals surface area contributed by atoms with E-state index < -0.39 is 0 Å². The van der Waals surface area contributed by atoms with Gasteiger partial charge in [-0.05, 0) is 36.8 Å². The number of carbonyl (C=O) groups excluding carboxylic acids is 1. The first-order valence-electron chi connectivity index (χ1n) is 6.70. The summed E-state index contributed by atoms with van der Waals surface area (Å²) in [6.45, 7) is 2.07. The van der Waals surface area contributed by atoms with Crippen LogP contribution in [0.4, 0.5) is 5.69 Å². The average Bonchev–Trinajstić information content (AvgIpc) is 2.47. The van der Waals surface area contributed by atoms with E-state index in [4.69, 9.17) is 34.8 Å². The Morgan fingerprint density at radius 2 is 1.82 bits per heavy atom. The minimum absolute atomic E-state index is 0.0817. The zero-order valence-corrected chi connectivity index (χ0v) is 14.1. The SMILES string of the molecule is C[C@H](NCC(=O)Nc1ccccc1Cl)c1ccc(Cl)cc1Cl. The molecule has 2 aromatic carbocycles. The lowest BCUT2D eigenvalue weighted by molar-refractivity contribution is -0.115. The molecule has 2 aromatic rings. The van der Waals surface area contributed by atoms with Crippen molar-refractivity contribution >= 4 is 46.4 Å². The summed E-state index contributed by atoms with van der Waals surface area (Å²) in [4.78, 5) is 12.0. The van der Waals surface area contributed by atoms with Crippen LogP contribution in [0.15, 0.2) is 42.5 Å². The molecule has 0 fully saturated rings. The molecule has 0 unspecified atom stereocenters. The molecule has 1 amide bonds. The lowest BCUT2D eigenvalue weighted by Gasteiger charge is -2.16. The van der Waals surface area contributed by atoms with Crippen molar-refractivity contribution in [2.75, 3.05) is 11.9 Å². The Morgan fingerprint density at radius 1 is 1.09 bits per heavy atom. The number of amides is 1. The van der Waals surface area contributed by atoms with Crippen LogP contribution in [-0.2, 0) is 4.79 Å². The molecule has 0 saturated heterocycles. The number of halogens is 3. The van der Waals surface area contributed by atoms with Crippen molar-refractivity contribution in [3.05, 3.63) is 63.1 Å². The minimum Gasteiger partial charge on any atom is -0.324 e. The van der Waals surface area contributed by atoms with E-state index in [0.717, 1.165) is 5.56 Å². The summed E-state index contributed by atoms with van der Waals surface area (Å²) in [5.41, 5.74) is 1.48. The van der Waals surface area contributed by atoms with Crippen LogP contribution in [0.25, 0.3) is 0 Å². The molecule has 2 rings (SSSR count). The van der Waals surface area contributed by atoms with Gasteiger partial charge < -0.3 is 10.6 Å². The van der Waals surface area contributed by atoms with Gasteiger partial charge in [-0.15, -0.1) is 0 Å². The van der Waals surface area contributed by atoms with Gasteiger partial charge in [-0.2, -0.15) is 0 Å². The summed E-state index contributed by atoms with van der Waals surface area (Å²) in [6.07, 6.45) is 0. The van der Waals surface area contributed by atoms with Crippen molar-refractivity contribution in [1.29, 1.82) is 0 Å². The third-order valence-corrected chi connectivity index (χ3v) is 4.04. The van der Waals surface area contributed by atoms with E-state index >= 15 is 0 Å². The molecule has 6 heteroatoms. The first kappa shape index (κ1) is 17.1. The monoisotopic (exact) mass is 356 g/mol. The maximum Gasteiger partial charge on any atom is 0.238 e. The Hall–Kier alpha value is -1.26. The molecular formula is C16H15Cl3N2O. The topological polar surface area (TPSA) is 41.1 Å². The molecule has 22 heavy (non-hydrogen) atoms. The fourth-order valence-corrected chi connectivity index (χ4v) is 2.72. The number of benzene rings is 2. The van der Waals surface area contributed by atoms with Crippen LogP contribution in [0.3, 0.4) is 0 Å². The van der Waals surface area contributed by atoms with Crippen molar-refractivity contribution in [2.45, 2.75) is 13.0 Å². The predicted octanol–water partition coefficient (Wildman–Crippen LogP) is 4.94. The van der Waals surface area contributed by atoms with Crippen LogP contribution in [0.5, 0.6) is 0 Å². The maximum absolute atomic E-state index is 12.0. The lowest BCUT2D eigenvalue weighted by Crippen LogP contribution is -2.30. The van der Waals surface area contributed by atoms with Crippen molar-refractivity contribution in [3.8, 4) is 0 Å². The van der Waals surface area contributed by atoms with Gasteiger partial charge in [-0.3, -0.25) is 4.79 Å². The molecule has 2 N–H and O–H groups in total. The number of rotatable bonds is 5. The van der Waals surface area contributed by atoms with E-state index in [9.17, 15) is 4.79 Å². The van der Waals surface area contributed by atoms with Gasteiger partial charge in [0.05, 0.1) is 17.3 Å². The molecule has 0 aliphatic heterocycles. The van der Waals surface area contributed by atoms with E-state index in [2.05, 4.69) is 10.6 Å². The van der Waals surface area contributed by atoms with Crippen LogP contribution < -0.4 is 10.6 Å². The molecule has 1 atom stereocenters. The van der Waals surface area contributed by atoms with Crippen molar-refractivity contribution in [3.63, 3.8) is 0 Å². The second-order valence-corrected chi connectivity index (χ2v) is 6.05. The molecule has 116 valence electrons. The van der Waals surface area contributed by atoms with E-state index in [0.29, 0.717) is 20.8 Å². The third kappa shape index (κ3) is 4.62. The Bertz CT molecular complexity index is 676. The smallest absolute Gasteiger partial charge is 0.238 e. The highest BCUT2D eigenvalue weighted by Gasteiger charge is 2.12. The number of para-hydroxylation sites is 1. The molecule has 0 saturated carbocycles. The molecular weight excluding hydrogens is 343 g/mol. The maximum atomic E-state index is 12.0. The summed E-state index contributed by atoms with van der Waals surface area (Å²) >= 11 is 18.0. The second-order valence-electron chi connectivity index (χ2n) is 4.80. The van der Waals surface area contributed by atoms with Crippen molar-refractivity contribution in [1.82, 2.24) is 5.32 Å². The molecule has 0 heterocycles.